The molecule has 0 spiro atoms. The number of nitrogens with zero attached hydrogens (tertiary/aromatic N) is 3. The summed E-state index contributed by atoms with van der Waals surface area (Å²) in [5.74, 6) is 0. The predicted octanol–water partition coefficient (Wildman–Crippen LogP) is 0.745. The number of methoxy groups -OCH3 is 1. The third-order valence-electron chi connectivity index (χ3n) is 3.07. The van der Waals surface area contributed by atoms with Gasteiger partial charge in [-0.3, -0.25) is 9.58 Å². The van der Waals surface area contributed by atoms with Crippen LogP contribution in [0.2, 0.25) is 0 Å². The average molecular weight is 275 g/mol. The molecule has 1 aliphatic heterocycles. The minimum absolute atomic E-state index is 0. The van der Waals surface area contributed by atoms with E-state index in [-0.39, 0.29) is 12.4 Å². The first-order valence-corrected chi connectivity index (χ1v) is 6.24. The summed E-state index contributed by atoms with van der Waals surface area (Å²) < 4.78 is 6.99. The van der Waals surface area contributed by atoms with E-state index in [1.54, 1.807) is 7.11 Å². The largest absolute Gasteiger partial charge is 0.383 e. The van der Waals surface area contributed by atoms with Crippen molar-refractivity contribution in [1.82, 2.24) is 20.0 Å². The van der Waals surface area contributed by atoms with Crippen molar-refractivity contribution in [1.29, 1.82) is 0 Å². The summed E-state index contributed by atoms with van der Waals surface area (Å²) >= 11 is 0. The zero-order valence-corrected chi connectivity index (χ0v) is 11.9. The molecule has 2 rings (SSSR count). The van der Waals surface area contributed by atoms with Crippen molar-refractivity contribution >= 4 is 12.4 Å². The Morgan fingerprint density at radius 3 is 3.11 bits per heavy atom. The van der Waals surface area contributed by atoms with Crippen LogP contribution in [0.3, 0.4) is 0 Å². The lowest BCUT2D eigenvalue weighted by Crippen LogP contribution is -2.48. The van der Waals surface area contributed by atoms with E-state index in [0.29, 0.717) is 12.6 Å². The first kappa shape index (κ1) is 15.4. The number of piperazine rings is 1. The van der Waals surface area contributed by atoms with Gasteiger partial charge >= 0.3 is 0 Å². The Morgan fingerprint density at radius 2 is 2.39 bits per heavy atom. The summed E-state index contributed by atoms with van der Waals surface area (Å²) in [6, 6.07) is 0.590. The van der Waals surface area contributed by atoms with Crippen LogP contribution in [0.5, 0.6) is 0 Å². The van der Waals surface area contributed by atoms with Crippen LogP contribution in [0, 0.1) is 0 Å². The van der Waals surface area contributed by atoms with Crippen LogP contribution in [-0.4, -0.2) is 54.1 Å². The molecule has 1 atom stereocenters. The summed E-state index contributed by atoms with van der Waals surface area (Å²) in [6.45, 7) is 8.09. The van der Waals surface area contributed by atoms with Gasteiger partial charge in [0.2, 0.25) is 0 Å². The minimum Gasteiger partial charge on any atom is -0.383 e. The summed E-state index contributed by atoms with van der Waals surface area (Å²) in [5.41, 5.74) is 1.29. The summed E-state index contributed by atoms with van der Waals surface area (Å²) in [4.78, 5) is 2.47. The van der Waals surface area contributed by atoms with Gasteiger partial charge in [-0.1, -0.05) is 0 Å². The number of hydrogen-bond donors (Lipinski definition) is 1. The maximum atomic E-state index is 5.04. The summed E-state index contributed by atoms with van der Waals surface area (Å²) in [7, 11) is 1.71. The van der Waals surface area contributed by atoms with Gasteiger partial charge in [-0.15, -0.1) is 12.4 Å². The first-order valence-electron chi connectivity index (χ1n) is 6.24. The maximum Gasteiger partial charge on any atom is 0.0658 e. The van der Waals surface area contributed by atoms with Gasteiger partial charge < -0.3 is 10.1 Å². The fraction of sp³-hybridized carbons (Fsp3) is 0.750. The van der Waals surface area contributed by atoms with Crippen LogP contribution < -0.4 is 5.32 Å². The molecule has 1 saturated heterocycles. The number of rotatable bonds is 5. The van der Waals surface area contributed by atoms with Gasteiger partial charge in [0.15, 0.2) is 0 Å². The van der Waals surface area contributed by atoms with Crippen molar-refractivity contribution in [2.24, 2.45) is 0 Å². The number of nitrogens with one attached hydrogen (secondary N) is 1. The van der Waals surface area contributed by atoms with Crippen molar-refractivity contribution in [2.75, 3.05) is 33.4 Å². The summed E-state index contributed by atoms with van der Waals surface area (Å²) in [6.07, 6.45) is 4.08. The molecule has 1 N–H and O–H groups in total. The zero-order valence-electron chi connectivity index (χ0n) is 11.1. The van der Waals surface area contributed by atoms with Crippen LogP contribution >= 0.6 is 12.4 Å². The highest BCUT2D eigenvalue weighted by Crippen LogP contribution is 2.06. The SMILES string of the molecule is COCCn1cc(CN2CCN[C@H](C)C2)cn1.Cl. The van der Waals surface area contributed by atoms with E-state index in [4.69, 9.17) is 4.74 Å². The number of hydrogen-bond acceptors (Lipinski definition) is 4. The van der Waals surface area contributed by atoms with Crippen molar-refractivity contribution in [3.63, 3.8) is 0 Å². The van der Waals surface area contributed by atoms with Gasteiger partial charge in [0.1, 0.15) is 0 Å². The van der Waals surface area contributed by atoms with Gasteiger partial charge in [0.05, 0.1) is 19.3 Å². The topological polar surface area (TPSA) is 42.3 Å². The third kappa shape index (κ3) is 4.57. The lowest BCUT2D eigenvalue weighted by molar-refractivity contribution is 0.183. The van der Waals surface area contributed by atoms with Crippen molar-refractivity contribution < 1.29 is 4.74 Å². The molecule has 6 heteroatoms. The lowest BCUT2D eigenvalue weighted by atomic mass is 10.2. The first-order chi connectivity index (χ1) is 8.28. The van der Waals surface area contributed by atoms with Crippen LogP contribution in [0.15, 0.2) is 12.4 Å². The molecule has 18 heavy (non-hydrogen) atoms. The molecule has 1 aliphatic rings. The lowest BCUT2D eigenvalue weighted by Gasteiger charge is -2.31. The molecule has 1 aromatic heterocycles. The second-order valence-corrected chi connectivity index (χ2v) is 4.69. The molecule has 0 aliphatic carbocycles. The van der Waals surface area contributed by atoms with Gasteiger partial charge in [0, 0.05) is 51.1 Å². The van der Waals surface area contributed by atoms with Gasteiger partial charge in [-0.2, -0.15) is 5.10 Å². The highest BCUT2D eigenvalue weighted by Gasteiger charge is 2.15. The Hall–Kier alpha value is -0.620. The molecule has 2 heterocycles. The molecule has 1 aromatic rings. The van der Waals surface area contributed by atoms with E-state index in [9.17, 15) is 0 Å². The molecule has 1 fully saturated rings. The predicted molar refractivity (Wildman–Crippen MR) is 74.1 cm³/mol. The van der Waals surface area contributed by atoms with Crippen molar-refractivity contribution in [3.8, 4) is 0 Å². The Morgan fingerprint density at radius 1 is 1.56 bits per heavy atom. The third-order valence-corrected chi connectivity index (χ3v) is 3.07. The normalized spacial score (nSPS) is 20.7. The Bertz CT molecular complexity index is 345. The maximum absolute atomic E-state index is 5.04. The van der Waals surface area contributed by atoms with Crippen LogP contribution in [0.25, 0.3) is 0 Å². The Balaban J connectivity index is 0.00000162. The van der Waals surface area contributed by atoms with Gasteiger partial charge in [0.25, 0.3) is 0 Å². The quantitative estimate of drug-likeness (QED) is 0.860. The smallest absolute Gasteiger partial charge is 0.0658 e. The van der Waals surface area contributed by atoms with E-state index < -0.39 is 0 Å². The van der Waals surface area contributed by atoms with E-state index in [2.05, 4.69) is 28.4 Å². The van der Waals surface area contributed by atoms with Crippen LogP contribution in [-0.2, 0) is 17.8 Å². The van der Waals surface area contributed by atoms with E-state index in [1.165, 1.54) is 5.56 Å². The molecule has 0 unspecified atom stereocenters. The molecule has 0 aromatic carbocycles. The minimum atomic E-state index is 0. The highest BCUT2D eigenvalue weighted by molar-refractivity contribution is 5.85. The standard InChI is InChI=1S/C12H22N4O.ClH/c1-11-8-15(4-3-13-11)9-12-7-14-16(10-12)5-6-17-2;/h7,10-11,13H,3-6,8-9H2,1-2H3;1H/t11-;/m1./s1. The molecule has 0 bridgehead atoms. The second kappa shape index (κ2) is 7.74. The fourth-order valence-electron chi connectivity index (χ4n) is 2.21. The molecule has 104 valence electrons. The fourth-order valence-corrected chi connectivity index (χ4v) is 2.21. The number of aromatic nitrogens is 2. The van der Waals surface area contributed by atoms with Crippen LogP contribution in [0.4, 0.5) is 0 Å². The highest BCUT2D eigenvalue weighted by atomic mass is 35.5. The van der Waals surface area contributed by atoms with Crippen molar-refractivity contribution in [2.45, 2.75) is 26.1 Å². The summed E-state index contributed by atoms with van der Waals surface area (Å²) in [5, 5.41) is 7.78. The Labute approximate surface area is 115 Å². The van der Waals surface area contributed by atoms with E-state index in [0.717, 1.165) is 32.7 Å². The molecule has 0 radical (unpaired) electrons. The molecule has 5 nitrogen and oxygen atoms in total. The van der Waals surface area contributed by atoms with Crippen LogP contribution in [0.1, 0.15) is 12.5 Å². The molecule has 0 saturated carbocycles. The zero-order chi connectivity index (χ0) is 12.1. The molecule has 0 amide bonds. The average Bonchev–Trinajstić information content (AvgIpc) is 2.74. The molecular weight excluding hydrogens is 252 g/mol. The Kier molecular flexibility index (Phi) is 6.63. The monoisotopic (exact) mass is 274 g/mol. The van der Waals surface area contributed by atoms with E-state index in [1.807, 2.05) is 10.9 Å². The number of ether oxygens (including phenoxy) is 1. The van der Waals surface area contributed by atoms with Crippen molar-refractivity contribution in [3.05, 3.63) is 18.0 Å². The second-order valence-electron chi connectivity index (χ2n) is 4.69. The van der Waals surface area contributed by atoms with Gasteiger partial charge in [-0.05, 0) is 6.92 Å². The number of halogens is 1. The van der Waals surface area contributed by atoms with Gasteiger partial charge in [-0.25, -0.2) is 0 Å². The molecular formula is C12H23ClN4O. The van der Waals surface area contributed by atoms with E-state index >= 15 is 0 Å².